The lowest BCUT2D eigenvalue weighted by atomic mass is 10.0. The zero-order valence-corrected chi connectivity index (χ0v) is 12.6. The molecule has 7 heteroatoms. The molecule has 0 bridgehead atoms. The summed E-state index contributed by atoms with van der Waals surface area (Å²) >= 11 is 5.85. The smallest absolute Gasteiger partial charge is 0.255 e. The van der Waals surface area contributed by atoms with Crippen LogP contribution in [0.2, 0.25) is 5.02 Å². The topological polar surface area (TPSA) is 72.2 Å². The first kappa shape index (κ1) is 16.9. The number of halogens is 3. The molecule has 2 rings (SSSR count). The van der Waals surface area contributed by atoms with E-state index >= 15 is 0 Å². The van der Waals surface area contributed by atoms with Crippen LogP contribution < -0.4 is 11.1 Å². The van der Waals surface area contributed by atoms with E-state index in [0.29, 0.717) is 10.6 Å². The van der Waals surface area contributed by atoms with Gasteiger partial charge in [0.05, 0.1) is 5.56 Å². The van der Waals surface area contributed by atoms with Crippen LogP contribution in [0, 0.1) is 11.6 Å². The van der Waals surface area contributed by atoms with Crippen LogP contribution in [0.25, 0.3) is 0 Å². The summed E-state index contributed by atoms with van der Waals surface area (Å²) in [4.78, 5) is 23.6. The van der Waals surface area contributed by atoms with E-state index in [1.807, 2.05) is 0 Å². The molecule has 0 heterocycles. The Kier molecular flexibility index (Phi) is 5.28. The maximum absolute atomic E-state index is 13.6. The van der Waals surface area contributed by atoms with Crippen LogP contribution in [0.15, 0.2) is 42.5 Å². The van der Waals surface area contributed by atoms with Crippen LogP contribution in [0.4, 0.5) is 8.78 Å². The largest absolute Gasteiger partial charge is 0.368 e. The van der Waals surface area contributed by atoms with E-state index in [2.05, 4.69) is 5.32 Å². The highest BCUT2D eigenvalue weighted by Crippen LogP contribution is 2.14. The number of nitrogens with one attached hydrogen (secondary N) is 1. The van der Waals surface area contributed by atoms with Crippen molar-refractivity contribution in [2.45, 2.75) is 12.5 Å². The predicted octanol–water partition coefficient (Wildman–Crippen LogP) is 2.44. The first-order valence-corrected chi connectivity index (χ1v) is 7.05. The molecular formula is C16H13ClF2N2O2. The normalized spacial score (nSPS) is 11.8. The Labute approximate surface area is 136 Å². The van der Waals surface area contributed by atoms with Crippen molar-refractivity contribution in [3.8, 4) is 0 Å². The number of amides is 2. The van der Waals surface area contributed by atoms with E-state index in [9.17, 15) is 18.4 Å². The van der Waals surface area contributed by atoms with Gasteiger partial charge < -0.3 is 11.1 Å². The zero-order chi connectivity index (χ0) is 17.0. The molecule has 4 nitrogen and oxygen atoms in total. The Balaban J connectivity index is 2.18. The molecule has 2 amide bonds. The van der Waals surface area contributed by atoms with Crippen molar-refractivity contribution in [1.82, 2.24) is 5.32 Å². The third-order valence-electron chi connectivity index (χ3n) is 3.17. The Morgan fingerprint density at radius 1 is 1.17 bits per heavy atom. The van der Waals surface area contributed by atoms with E-state index in [0.717, 1.165) is 12.1 Å². The van der Waals surface area contributed by atoms with Crippen LogP contribution in [0.3, 0.4) is 0 Å². The standard InChI is InChI=1S/C16H13ClF2N2O2/c17-10-4-1-3-9(7-10)8-13(15(20)22)21-16(23)11-5-2-6-12(18)14(11)19/h1-7,13H,8H2,(H2,20,22)(H,21,23)/t13-/m1/s1. The van der Waals surface area contributed by atoms with Gasteiger partial charge in [0, 0.05) is 11.4 Å². The molecular weight excluding hydrogens is 326 g/mol. The average molecular weight is 339 g/mol. The summed E-state index contributed by atoms with van der Waals surface area (Å²) in [6, 6.07) is 8.79. The van der Waals surface area contributed by atoms with Gasteiger partial charge in [-0.15, -0.1) is 0 Å². The van der Waals surface area contributed by atoms with Crippen molar-refractivity contribution < 1.29 is 18.4 Å². The molecule has 120 valence electrons. The highest BCUT2D eigenvalue weighted by Gasteiger charge is 2.22. The number of hydrogen-bond acceptors (Lipinski definition) is 2. The fourth-order valence-electron chi connectivity index (χ4n) is 2.04. The number of carbonyl (C=O) groups excluding carboxylic acids is 2. The molecule has 0 aliphatic carbocycles. The molecule has 0 aromatic heterocycles. The molecule has 0 aliphatic rings. The van der Waals surface area contributed by atoms with Gasteiger partial charge in [-0.05, 0) is 29.8 Å². The monoisotopic (exact) mass is 338 g/mol. The molecule has 0 radical (unpaired) electrons. The predicted molar refractivity (Wildman–Crippen MR) is 82.0 cm³/mol. The van der Waals surface area contributed by atoms with Crippen molar-refractivity contribution in [2.24, 2.45) is 5.73 Å². The number of carbonyl (C=O) groups is 2. The summed E-state index contributed by atoms with van der Waals surface area (Å²) < 4.78 is 26.8. The average Bonchev–Trinajstić information content (AvgIpc) is 2.49. The number of nitrogens with two attached hydrogens (primary N) is 1. The minimum Gasteiger partial charge on any atom is -0.368 e. The van der Waals surface area contributed by atoms with Gasteiger partial charge in [0.1, 0.15) is 6.04 Å². The Morgan fingerprint density at radius 3 is 2.52 bits per heavy atom. The van der Waals surface area contributed by atoms with Crippen LogP contribution in [0.1, 0.15) is 15.9 Å². The van der Waals surface area contributed by atoms with Crippen LogP contribution in [-0.2, 0) is 11.2 Å². The Bertz CT molecular complexity index is 753. The second-order valence-electron chi connectivity index (χ2n) is 4.86. The summed E-state index contributed by atoms with van der Waals surface area (Å²) in [5, 5.41) is 2.77. The molecule has 0 saturated carbocycles. The third kappa shape index (κ3) is 4.26. The summed E-state index contributed by atoms with van der Waals surface area (Å²) in [5.74, 6) is -4.15. The molecule has 0 aliphatic heterocycles. The quantitative estimate of drug-likeness (QED) is 0.879. The number of rotatable bonds is 5. The molecule has 2 aromatic carbocycles. The van der Waals surface area contributed by atoms with Crippen molar-refractivity contribution >= 4 is 23.4 Å². The molecule has 23 heavy (non-hydrogen) atoms. The third-order valence-corrected chi connectivity index (χ3v) is 3.41. The number of hydrogen-bond donors (Lipinski definition) is 2. The van der Waals surface area contributed by atoms with Crippen LogP contribution in [0.5, 0.6) is 0 Å². The summed E-state index contributed by atoms with van der Waals surface area (Å²) in [7, 11) is 0. The van der Waals surface area contributed by atoms with Crippen molar-refractivity contribution in [3.63, 3.8) is 0 Å². The Hall–Kier alpha value is -2.47. The van der Waals surface area contributed by atoms with E-state index < -0.39 is 35.1 Å². The molecule has 0 fully saturated rings. The van der Waals surface area contributed by atoms with E-state index in [1.165, 1.54) is 6.07 Å². The molecule has 3 N–H and O–H groups in total. The maximum atomic E-state index is 13.6. The summed E-state index contributed by atoms with van der Waals surface area (Å²) in [6.45, 7) is 0. The second kappa shape index (κ2) is 7.19. The van der Waals surface area contributed by atoms with Crippen molar-refractivity contribution in [3.05, 3.63) is 70.2 Å². The van der Waals surface area contributed by atoms with Gasteiger partial charge in [0.2, 0.25) is 5.91 Å². The van der Waals surface area contributed by atoms with E-state index in [1.54, 1.807) is 24.3 Å². The second-order valence-corrected chi connectivity index (χ2v) is 5.30. The fourth-order valence-corrected chi connectivity index (χ4v) is 2.25. The number of benzene rings is 2. The minimum atomic E-state index is -1.28. The Morgan fingerprint density at radius 2 is 1.87 bits per heavy atom. The van der Waals surface area contributed by atoms with Crippen LogP contribution >= 0.6 is 11.6 Å². The van der Waals surface area contributed by atoms with Crippen LogP contribution in [-0.4, -0.2) is 17.9 Å². The van der Waals surface area contributed by atoms with Gasteiger partial charge in [0.15, 0.2) is 11.6 Å². The summed E-state index contributed by atoms with van der Waals surface area (Å²) in [6.07, 6.45) is 0.0819. The molecule has 0 unspecified atom stereocenters. The molecule has 2 aromatic rings. The van der Waals surface area contributed by atoms with Crippen molar-refractivity contribution in [1.29, 1.82) is 0 Å². The highest BCUT2D eigenvalue weighted by molar-refractivity contribution is 6.30. The van der Waals surface area contributed by atoms with Gasteiger partial charge in [0.25, 0.3) is 5.91 Å². The molecule has 1 atom stereocenters. The zero-order valence-electron chi connectivity index (χ0n) is 11.9. The minimum absolute atomic E-state index is 0.0819. The lowest BCUT2D eigenvalue weighted by molar-refractivity contribution is -0.119. The van der Waals surface area contributed by atoms with E-state index in [-0.39, 0.29) is 6.42 Å². The van der Waals surface area contributed by atoms with Gasteiger partial charge in [-0.1, -0.05) is 29.8 Å². The van der Waals surface area contributed by atoms with E-state index in [4.69, 9.17) is 17.3 Å². The first-order chi connectivity index (χ1) is 10.9. The van der Waals surface area contributed by atoms with Gasteiger partial charge in [-0.25, -0.2) is 8.78 Å². The molecule has 0 saturated heterocycles. The lowest BCUT2D eigenvalue weighted by Crippen LogP contribution is -2.46. The van der Waals surface area contributed by atoms with Gasteiger partial charge in [-0.3, -0.25) is 9.59 Å². The fraction of sp³-hybridized carbons (Fsp3) is 0.125. The number of primary amides is 1. The van der Waals surface area contributed by atoms with Crippen molar-refractivity contribution in [2.75, 3.05) is 0 Å². The highest BCUT2D eigenvalue weighted by atomic mass is 35.5. The van der Waals surface area contributed by atoms with Gasteiger partial charge in [-0.2, -0.15) is 0 Å². The summed E-state index contributed by atoms with van der Waals surface area (Å²) in [5.41, 5.74) is 5.43. The van der Waals surface area contributed by atoms with Gasteiger partial charge >= 0.3 is 0 Å². The SMILES string of the molecule is NC(=O)[C@@H](Cc1cccc(Cl)c1)NC(=O)c1cccc(F)c1F. The first-order valence-electron chi connectivity index (χ1n) is 6.67. The lowest BCUT2D eigenvalue weighted by Gasteiger charge is -2.16. The maximum Gasteiger partial charge on any atom is 0.255 e. The molecule has 0 spiro atoms.